The Labute approximate surface area is 167 Å². The van der Waals surface area contributed by atoms with Crippen molar-refractivity contribution in [2.45, 2.75) is 40.2 Å². The van der Waals surface area contributed by atoms with Crippen molar-refractivity contribution in [3.05, 3.63) is 46.2 Å². The molecule has 1 aromatic carbocycles. The van der Waals surface area contributed by atoms with Gasteiger partial charge in [0.1, 0.15) is 5.75 Å². The van der Waals surface area contributed by atoms with Crippen LogP contribution in [0.3, 0.4) is 0 Å². The molecule has 0 aliphatic rings. The Bertz CT molecular complexity index is 757. The van der Waals surface area contributed by atoms with Gasteiger partial charge in [-0.05, 0) is 57.4 Å². The van der Waals surface area contributed by atoms with Crippen molar-refractivity contribution < 1.29 is 4.74 Å². The number of halogens is 1. The van der Waals surface area contributed by atoms with Crippen molar-refractivity contribution in [2.24, 2.45) is 4.99 Å². The molecular weight excluding hydrogens is 362 g/mol. The fourth-order valence-electron chi connectivity index (χ4n) is 2.83. The molecule has 27 heavy (non-hydrogen) atoms. The average molecular weight is 392 g/mol. The summed E-state index contributed by atoms with van der Waals surface area (Å²) in [6, 6.07) is 7.87. The minimum atomic E-state index is 0.725. The highest BCUT2D eigenvalue weighted by atomic mass is 35.5. The molecule has 0 fully saturated rings. The van der Waals surface area contributed by atoms with Crippen LogP contribution >= 0.6 is 11.6 Å². The maximum absolute atomic E-state index is 6.30. The Morgan fingerprint density at radius 1 is 1.26 bits per heavy atom. The molecule has 0 amide bonds. The highest BCUT2D eigenvalue weighted by molar-refractivity contribution is 6.31. The van der Waals surface area contributed by atoms with Crippen LogP contribution in [-0.2, 0) is 13.0 Å². The molecule has 0 spiro atoms. The minimum Gasteiger partial charge on any atom is -0.497 e. The number of benzene rings is 1. The smallest absolute Gasteiger partial charge is 0.191 e. The molecule has 0 bridgehead atoms. The molecule has 0 unspecified atom stereocenters. The van der Waals surface area contributed by atoms with Gasteiger partial charge >= 0.3 is 0 Å². The Balaban J connectivity index is 1.80. The molecule has 2 aromatic rings. The van der Waals surface area contributed by atoms with E-state index in [0.29, 0.717) is 0 Å². The predicted octanol–water partition coefficient (Wildman–Crippen LogP) is 3.35. The van der Waals surface area contributed by atoms with Crippen molar-refractivity contribution >= 4 is 17.6 Å². The number of hydrogen-bond acceptors (Lipinski definition) is 3. The Morgan fingerprint density at radius 2 is 2.07 bits per heavy atom. The van der Waals surface area contributed by atoms with E-state index in [1.54, 1.807) is 7.11 Å². The number of nitrogens with zero attached hydrogens (tertiary/aromatic N) is 3. The zero-order valence-corrected chi connectivity index (χ0v) is 17.4. The number of ether oxygens (including phenoxy) is 1. The zero-order valence-electron chi connectivity index (χ0n) is 16.7. The fourth-order valence-corrected chi connectivity index (χ4v) is 3.09. The lowest BCUT2D eigenvalue weighted by Crippen LogP contribution is -2.38. The second-order valence-corrected chi connectivity index (χ2v) is 6.81. The van der Waals surface area contributed by atoms with Crippen LogP contribution in [0.5, 0.6) is 5.75 Å². The number of methoxy groups -OCH3 is 1. The molecule has 0 aliphatic carbocycles. The lowest BCUT2D eigenvalue weighted by molar-refractivity contribution is 0.414. The molecule has 1 heterocycles. The molecule has 7 heteroatoms. The number of aliphatic imine (C=N–C) groups is 1. The van der Waals surface area contributed by atoms with Crippen LogP contribution < -0.4 is 15.4 Å². The van der Waals surface area contributed by atoms with Crippen LogP contribution in [0.1, 0.15) is 30.3 Å². The number of hydrogen-bond donors (Lipinski definition) is 2. The number of nitrogens with one attached hydrogen (secondary N) is 2. The van der Waals surface area contributed by atoms with E-state index < -0.39 is 0 Å². The number of aryl methyl sites for hydroxylation is 3. The maximum atomic E-state index is 6.30. The molecule has 0 saturated heterocycles. The highest BCUT2D eigenvalue weighted by Gasteiger charge is 2.04. The summed E-state index contributed by atoms with van der Waals surface area (Å²) in [5, 5.41) is 11.9. The Hall–Kier alpha value is -2.21. The summed E-state index contributed by atoms with van der Waals surface area (Å²) in [4.78, 5) is 4.65. The van der Waals surface area contributed by atoms with Gasteiger partial charge < -0.3 is 15.4 Å². The first-order chi connectivity index (χ1) is 13.0. The van der Waals surface area contributed by atoms with E-state index in [2.05, 4.69) is 40.6 Å². The Kier molecular flexibility index (Phi) is 8.45. The van der Waals surface area contributed by atoms with Gasteiger partial charge in [0.05, 0.1) is 12.8 Å². The summed E-state index contributed by atoms with van der Waals surface area (Å²) in [5.74, 6) is 1.60. The monoisotopic (exact) mass is 391 g/mol. The van der Waals surface area contributed by atoms with Crippen LogP contribution in [0.25, 0.3) is 0 Å². The van der Waals surface area contributed by atoms with E-state index in [4.69, 9.17) is 16.3 Å². The fraction of sp³-hybridized carbons (Fsp3) is 0.500. The van der Waals surface area contributed by atoms with Crippen LogP contribution in [-0.4, -0.2) is 42.5 Å². The third-order valence-corrected chi connectivity index (χ3v) is 4.54. The van der Waals surface area contributed by atoms with Crippen molar-refractivity contribution in [1.29, 1.82) is 0 Å². The lowest BCUT2D eigenvalue weighted by atomic mass is 10.1. The van der Waals surface area contributed by atoms with Gasteiger partial charge in [0.25, 0.3) is 0 Å². The van der Waals surface area contributed by atoms with Gasteiger partial charge in [0.15, 0.2) is 5.96 Å². The topological polar surface area (TPSA) is 63.5 Å². The van der Waals surface area contributed by atoms with E-state index in [9.17, 15) is 0 Å². The van der Waals surface area contributed by atoms with Gasteiger partial charge in [0.2, 0.25) is 0 Å². The molecule has 0 saturated carbocycles. The molecule has 0 atom stereocenters. The van der Waals surface area contributed by atoms with Crippen LogP contribution in [0, 0.1) is 13.8 Å². The first-order valence-corrected chi connectivity index (χ1v) is 9.77. The SMILES string of the molecule is CCNC(=NCCCn1nc(C)cc1C)NCCc1ccc(OC)cc1Cl. The van der Waals surface area contributed by atoms with Gasteiger partial charge in [-0.15, -0.1) is 0 Å². The van der Waals surface area contributed by atoms with E-state index in [0.717, 1.165) is 67.0 Å². The van der Waals surface area contributed by atoms with Gasteiger partial charge in [0, 0.05) is 36.9 Å². The first kappa shape index (κ1) is 21.1. The summed E-state index contributed by atoms with van der Waals surface area (Å²) in [7, 11) is 1.64. The van der Waals surface area contributed by atoms with Crippen LogP contribution in [0.4, 0.5) is 0 Å². The van der Waals surface area contributed by atoms with E-state index in [-0.39, 0.29) is 0 Å². The summed E-state index contributed by atoms with van der Waals surface area (Å²) in [6.07, 6.45) is 1.77. The molecule has 0 aliphatic heterocycles. The van der Waals surface area contributed by atoms with Gasteiger partial charge in [-0.3, -0.25) is 9.67 Å². The normalized spacial score (nSPS) is 11.5. The van der Waals surface area contributed by atoms with Crippen molar-refractivity contribution in [1.82, 2.24) is 20.4 Å². The molecule has 2 N–H and O–H groups in total. The van der Waals surface area contributed by atoms with Crippen molar-refractivity contribution in [3.63, 3.8) is 0 Å². The zero-order chi connectivity index (χ0) is 19.6. The second-order valence-electron chi connectivity index (χ2n) is 6.40. The largest absolute Gasteiger partial charge is 0.497 e. The van der Waals surface area contributed by atoms with E-state index >= 15 is 0 Å². The summed E-state index contributed by atoms with van der Waals surface area (Å²) in [5.41, 5.74) is 3.34. The van der Waals surface area contributed by atoms with Crippen molar-refractivity contribution in [2.75, 3.05) is 26.7 Å². The molecule has 148 valence electrons. The van der Waals surface area contributed by atoms with Crippen LogP contribution in [0.2, 0.25) is 5.02 Å². The molecular formula is C20H30ClN5O. The lowest BCUT2D eigenvalue weighted by Gasteiger charge is -2.12. The van der Waals surface area contributed by atoms with Gasteiger partial charge in [-0.1, -0.05) is 17.7 Å². The number of guanidine groups is 1. The third kappa shape index (κ3) is 6.79. The first-order valence-electron chi connectivity index (χ1n) is 9.39. The van der Waals surface area contributed by atoms with E-state index in [1.807, 2.05) is 29.8 Å². The van der Waals surface area contributed by atoms with Crippen molar-refractivity contribution in [3.8, 4) is 5.75 Å². The summed E-state index contributed by atoms with van der Waals surface area (Å²) in [6.45, 7) is 9.37. The maximum Gasteiger partial charge on any atom is 0.191 e. The standard InChI is InChI=1S/C20H30ClN5O/c1-5-22-20(23-10-6-12-26-16(3)13-15(2)25-26)24-11-9-17-7-8-18(27-4)14-19(17)21/h7-8,13-14H,5-6,9-12H2,1-4H3,(H2,22,23,24). The third-order valence-electron chi connectivity index (χ3n) is 4.19. The number of rotatable bonds is 9. The highest BCUT2D eigenvalue weighted by Crippen LogP contribution is 2.22. The quantitative estimate of drug-likeness (QED) is 0.391. The van der Waals surface area contributed by atoms with Crippen LogP contribution in [0.15, 0.2) is 29.3 Å². The minimum absolute atomic E-state index is 0.725. The molecule has 0 radical (unpaired) electrons. The summed E-state index contributed by atoms with van der Waals surface area (Å²) < 4.78 is 7.22. The van der Waals surface area contributed by atoms with Gasteiger partial charge in [-0.25, -0.2) is 0 Å². The number of aromatic nitrogens is 2. The average Bonchev–Trinajstić information content (AvgIpc) is 2.97. The molecule has 2 rings (SSSR count). The van der Waals surface area contributed by atoms with Gasteiger partial charge in [-0.2, -0.15) is 5.10 Å². The second kappa shape index (κ2) is 10.8. The molecule has 6 nitrogen and oxygen atoms in total. The summed E-state index contributed by atoms with van der Waals surface area (Å²) >= 11 is 6.30. The van der Waals surface area contributed by atoms with E-state index in [1.165, 1.54) is 5.69 Å². The molecule has 1 aromatic heterocycles. The Morgan fingerprint density at radius 3 is 2.70 bits per heavy atom. The predicted molar refractivity (Wildman–Crippen MR) is 112 cm³/mol.